The molecular formula is C16H11BrFN3. The molecule has 0 unspecified atom stereocenters. The van der Waals surface area contributed by atoms with E-state index in [1.165, 1.54) is 6.07 Å². The van der Waals surface area contributed by atoms with Crippen molar-refractivity contribution in [1.29, 1.82) is 5.26 Å². The van der Waals surface area contributed by atoms with Crippen LogP contribution in [0.1, 0.15) is 12.5 Å². The van der Waals surface area contributed by atoms with E-state index in [-0.39, 0.29) is 5.82 Å². The van der Waals surface area contributed by atoms with Crippen LogP contribution in [0.15, 0.2) is 40.9 Å². The first-order valence-electron chi connectivity index (χ1n) is 6.50. The van der Waals surface area contributed by atoms with E-state index in [1.807, 2.05) is 23.6 Å². The van der Waals surface area contributed by atoms with E-state index >= 15 is 0 Å². The van der Waals surface area contributed by atoms with Crippen molar-refractivity contribution in [3.05, 3.63) is 52.3 Å². The zero-order valence-electron chi connectivity index (χ0n) is 11.3. The molecule has 0 amide bonds. The van der Waals surface area contributed by atoms with Crippen molar-refractivity contribution >= 4 is 27.0 Å². The minimum absolute atomic E-state index is 0.320. The molecule has 0 spiro atoms. The number of halogens is 2. The zero-order valence-corrected chi connectivity index (χ0v) is 12.9. The molecule has 2 aromatic carbocycles. The summed E-state index contributed by atoms with van der Waals surface area (Å²) in [4.78, 5) is 4.56. The fourth-order valence-corrected chi connectivity index (χ4v) is 2.62. The molecule has 0 aliphatic rings. The monoisotopic (exact) mass is 343 g/mol. The minimum Gasteiger partial charge on any atom is -0.324 e. The maximum absolute atomic E-state index is 13.7. The Morgan fingerprint density at radius 3 is 2.76 bits per heavy atom. The molecule has 0 radical (unpaired) electrons. The summed E-state index contributed by atoms with van der Waals surface area (Å²) in [5, 5.41) is 8.97. The summed E-state index contributed by atoms with van der Waals surface area (Å²) in [5.74, 6) is 0.383. The van der Waals surface area contributed by atoms with Gasteiger partial charge in [-0.25, -0.2) is 9.37 Å². The Bertz CT molecular complexity index is 877. The van der Waals surface area contributed by atoms with Crippen molar-refractivity contribution in [3.8, 4) is 17.5 Å². The molecule has 5 heteroatoms. The molecule has 0 aliphatic carbocycles. The third-order valence-electron chi connectivity index (χ3n) is 3.37. The van der Waals surface area contributed by atoms with Gasteiger partial charge in [0, 0.05) is 12.1 Å². The van der Waals surface area contributed by atoms with Crippen LogP contribution < -0.4 is 0 Å². The first-order valence-corrected chi connectivity index (χ1v) is 7.29. The van der Waals surface area contributed by atoms with Crippen molar-refractivity contribution in [2.24, 2.45) is 0 Å². The van der Waals surface area contributed by atoms with Gasteiger partial charge in [0.2, 0.25) is 0 Å². The predicted molar refractivity (Wildman–Crippen MR) is 83.2 cm³/mol. The summed E-state index contributed by atoms with van der Waals surface area (Å²) in [7, 11) is 0. The maximum Gasteiger partial charge on any atom is 0.141 e. The van der Waals surface area contributed by atoms with Gasteiger partial charge in [-0.3, -0.25) is 0 Å². The molecule has 3 rings (SSSR count). The van der Waals surface area contributed by atoms with Crippen LogP contribution in [0.25, 0.3) is 22.4 Å². The lowest BCUT2D eigenvalue weighted by Crippen LogP contribution is -1.97. The minimum atomic E-state index is -0.320. The molecule has 0 atom stereocenters. The second kappa shape index (κ2) is 5.30. The Morgan fingerprint density at radius 2 is 2.10 bits per heavy atom. The first-order chi connectivity index (χ1) is 10.1. The summed E-state index contributed by atoms with van der Waals surface area (Å²) in [6.07, 6.45) is 0. The van der Waals surface area contributed by atoms with Gasteiger partial charge in [0.1, 0.15) is 11.6 Å². The molecular weight excluding hydrogens is 333 g/mol. The van der Waals surface area contributed by atoms with Crippen molar-refractivity contribution < 1.29 is 4.39 Å². The number of hydrogen-bond acceptors (Lipinski definition) is 2. The molecule has 3 nitrogen and oxygen atoms in total. The normalized spacial score (nSPS) is 10.8. The number of fused-ring (bicyclic) bond motifs is 1. The van der Waals surface area contributed by atoms with Gasteiger partial charge in [-0.2, -0.15) is 5.26 Å². The van der Waals surface area contributed by atoms with Crippen LogP contribution in [0.4, 0.5) is 4.39 Å². The largest absolute Gasteiger partial charge is 0.324 e. The number of nitriles is 1. The number of aromatic nitrogens is 2. The first kappa shape index (κ1) is 13.8. The molecule has 3 aromatic rings. The highest BCUT2D eigenvalue weighted by Gasteiger charge is 2.13. The van der Waals surface area contributed by atoms with Gasteiger partial charge < -0.3 is 4.57 Å². The topological polar surface area (TPSA) is 41.6 Å². The molecule has 1 aromatic heterocycles. The maximum atomic E-state index is 13.7. The number of hydrogen-bond donors (Lipinski definition) is 0. The van der Waals surface area contributed by atoms with E-state index in [2.05, 4.69) is 27.0 Å². The van der Waals surface area contributed by atoms with Crippen molar-refractivity contribution in [2.45, 2.75) is 13.5 Å². The molecule has 0 saturated carbocycles. The molecule has 1 heterocycles. The lowest BCUT2D eigenvalue weighted by Gasteiger charge is -2.06. The van der Waals surface area contributed by atoms with Gasteiger partial charge in [-0.1, -0.05) is 0 Å². The summed E-state index contributed by atoms with van der Waals surface area (Å²) in [5.41, 5.74) is 2.97. The molecule has 0 fully saturated rings. The third-order valence-corrected chi connectivity index (χ3v) is 4.01. The number of nitrogens with zero attached hydrogens (tertiary/aromatic N) is 3. The highest BCUT2D eigenvalue weighted by atomic mass is 79.9. The summed E-state index contributed by atoms with van der Waals surface area (Å²) >= 11 is 3.15. The van der Waals surface area contributed by atoms with E-state index < -0.39 is 0 Å². The molecule has 21 heavy (non-hydrogen) atoms. The van der Waals surface area contributed by atoms with Crippen LogP contribution in [-0.4, -0.2) is 9.55 Å². The van der Waals surface area contributed by atoms with Gasteiger partial charge >= 0.3 is 0 Å². The van der Waals surface area contributed by atoms with Crippen LogP contribution in [0, 0.1) is 17.1 Å². The van der Waals surface area contributed by atoms with E-state index in [4.69, 9.17) is 5.26 Å². The molecule has 104 valence electrons. The zero-order chi connectivity index (χ0) is 15.0. The molecule has 0 saturated heterocycles. The Kier molecular flexibility index (Phi) is 3.48. The van der Waals surface area contributed by atoms with Gasteiger partial charge in [-0.15, -0.1) is 0 Å². The van der Waals surface area contributed by atoms with Gasteiger partial charge in [0.25, 0.3) is 0 Å². The molecule has 0 N–H and O–H groups in total. The van der Waals surface area contributed by atoms with Crippen LogP contribution in [0.3, 0.4) is 0 Å². The lowest BCUT2D eigenvalue weighted by molar-refractivity contribution is 0.621. The van der Waals surface area contributed by atoms with Gasteiger partial charge in [0.05, 0.1) is 27.1 Å². The number of aryl methyl sites for hydroxylation is 1. The summed E-state index contributed by atoms with van der Waals surface area (Å²) in [6, 6.07) is 12.5. The summed E-state index contributed by atoms with van der Waals surface area (Å²) in [6.45, 7) is 2.73. The highest BCUT2D eigenvalue weighted by molar-refractivity contribution is 9.10. The van der Waals surface area contributed by atoms with Gasteiger partial charge in [0.15, 0.2) is 0 Å². The van der Waals surface area contributed by atoms with Crippen LogP contribution >= 0.6 is 15.9 Å². The van der Waals surface area contributed by atoms with Crippen molar-refractivity contribution in [3.63, 3.8) is 0 Å². The Balaban J connectivity index is 2.26. The van der Waals surface area contributed by atoms with Crippen LogP contribution in [-0.2, 0) is 6.54 Å². The fraction of sp³-hybridized carbons (Fsp3) is 0.125. The van der Waals surface area contributed by atoms with E-state index in [1.54, 1.807) is 18.2 Å². The highest BCUT2D eigenvalue weighted by Crippen LogP contribution is 2.28. The lowest BCUT2D eigenvalue weighted by atomic mass is 10.2. The van der Waals surface area contributed by atoms with Crippen LogP contribution in [0.2, 0.25) is 0 Å². The summed E-state index contributed by atoms with van der Waals surface area (Å²) < 4.78 is 16.2. The second-order valence-corrected chi connectivity index (χ2v) is 5.48. The second-order valence-electron chi connectivity index (χ2n) is 4.62. The van der Waals surface area contributed by atoms with Crippen molar-refractivity contribution in [2.75, 3.05) is 0 Å². The number of imidazole rings is 1. The van der Waals surface area contributed by atoms with E-state index in [9.17, 15) is 4.39 Å². The Labute approximate surface area is 129 Å². The van der Waals surface area contributed by atoms with Gasteiger partial charge in [-0.05, 0) is 59.3 Å². The average Bonchev–Trinajstić information content (AvgIpc) is 2.87. The number of rotatable bonds is 2. The smallest absolute Gasteiger partial charge is 0.141 e. The Morgan fingerprint density at radius 1 is 1.29 bits per heavy atom. The van der Waals surface area contributed by atoms with Crippen LogP contribution in [0.5, 0.6) is 0 Å². The third kappa shape index (κ3) is 2.32. The molecule has 0 bridgehead atoms. The Hall–Kier alpha value is -2.19. The number of benzene rings is 2. The standard InChI is InChI=1S/C16H11BrFN3/c1-2-21-15-6-3-10(9-19)7-14(15)20-16(21)11-4-5-12(17)13(18)8-11/h3-8H,2H2,1H3. The molecule has 0 aliphatic heterocycles. The predicted octanol–water partition coefficient (Wildman–Crippen LogP) is 4.50. The average molecular weight is 344 g/mol. The SMILES string of the molecule is CCn1c(-c2ccc(Br)c(F)c2)nc2cc(C#N)ccc21. The quantitative estimate of drug-likeness (QED) is 0.687. The van der Waals surface area contributed by atoms with E-state index in [0.29, 0.717) is 21.4 Å². The van der Waals surface area contributed by atoms with Crippen molar-refractivity contribution in [1.82, 2.24) is 9.55 Å². The fourth-order valence-electron chi connectivity index (χ4n) is 2.38. The van der Waals surface area contributed by atoms with E-state index in [0.717, 1.165) is 17.6 Å².